The highest BCUT2D eigenvalue weighted by molar-refractivity contribution is 4.99. The monoisotopic (exact) mass is 178 g/mol. The Morgan fingerprint density at radius 3 is 2.62 bits per heavy atom. The summed E-state index contributed by atoms with van der Waals surface area (Å²) in [7, 11) is 0. The standard InChI is InChI=1S/C11H18N2/c1-2-10-3-4-11(9-10)13-7-5-12-6-8-13/h1,10-12H,3-9H2/t10-,11-/m1/s1. The fraction of sp³-hybridized carbons (Fsp3) is 0.818. The number of nitrogens with one attached hydrogen (secondary N) is 1. The van der Waals surface area contributed by atoms with E-state index in [4.69, 9.17) is 6.42 Å². The second-order valence-electron chi connectivity index (χ2n) is 4.12. The van der Waals surface area contributed by atoms with Gasteiger partial charge in [0.15, 0.2) is 0 Å². The minimum absolute atomic E-state index is 0.555. The Morgan fingerprint density at radius 2 is 2.00 bits per heavy atom. The molecule has 72 valence electrons. The first-order valence-corrected chi connectivity index (χ1v) is 5.31. The van der Waals surface area contributed by atoms with Gasteiger partial charge in [-0.25, -0.2) is 0 Å². The summed E-state index contributed by atoms with van der Waals surface area (Å²) in [4.78, 5) is 2.60. The molecule has 0 aromatic heterocycles. The van der Waals surface area contributed by atoms with Crippen LogP contribution in [0.25, 0.3) is 0 Å². The lowest BCUT2D eigenvalue weighted by Crippen LogP contribution is -2.47. The van der Waals surface area contributed by atoms with Gasteiger partial charge in [-0.15, -0.1) is 12.3 Å². The van der Waals surface area contributed by atoms with E-state index in [1.165, 1.54) is 32.4 Å². The van der Waals surface area contributed by atoms with Crippen LogP contribution < -0.4 is 5.32 Å². The molecular formula is C11H18N2. The Labute approximate surface area is 80.7 Å². The summed E-state index contributed by atoms with van der Waals surface area (Å²) in [6.07, 6.45) is 9.23. The molecule has 2 nitrogen and oxygen atoms in total. The van der Waals surface area contributed by atoms with E-state index < -0.39 is 0 Å². The summed E-state index contributed by atoms with van der Waals surface area (Å²) >= 11 is 0. The van der Waals surface area contributed by atoms with Crippen LogP contribution in [0.5, 0.6) is 0 Å². The number of piperazine rings is 1. The lowest BCUT2D eigenvalue weighted by atomic mass is 10.1. The van der Waals surface area contributed by atoms with E-state index in [1.807, 2.05) is 0 Å². The minimum atomic E-state index is 0.555. The molecule has 2 rings (SSSR count). The summed E-state index contributed by atoms with van der Waals surface area (Å²) in [5.41, 5.74) is 0. The van der Waals surface area contributed by atoms with Crippen LogP contribution in [0.15, 0.2) is 0 Å². The third-order valence-corrected chi connectivity index (χ3v) is 3.31. The topological polar surface area (TPSA) is 15.3 Å². The Kier molecular flexibility index (Phi) is 2.87. The van der Waals surface area contributed by atoms with Crippen LogP contribution >= 0.6 is 0 Å². The van der Waals surface area contributed by atoms with Gasteiger partial charge in [0.2, 0.25) is 0 Å². The van der Waals surface area contributed by atoms with Crippen LogP contribution in [0, 0.1) is 18.3 Å². The predicted molar refractivity (Wildman–Crippen MR) is 54.4 cm³/mol. The van der Waals surface area contributed by atoms with E-state index in [2.05, 4.69) is 16.1 Å². The molecule has 0 spiro atoms. The van der Waals surface area contributed by atoms with Crippen LogP contribution in [0.1, 0.15) is 19.3 Å². The van der Waals surface area contributed by atoms with Gasteiger partial charge < -0.3 is 5.32 Å². The van der Waals surface area contributed by atoms with E-state index in [1.54, 1.807) is 0 Å². The smallest absolute Gasteiger partial charge is 0.0215 e. The van der Waals surface area contributed by atoms with E-state index in [-0.39, 0.29) is 0 Å². The molecule has 0 aromatic rings. The average Bonchev–Trinajstić information content (AvgIpc) is 2.67. The van der Waals surface area contributed by atoms with Crippen LogP contribution in [0.3, 0.4) is 0 Å². The highest BCUT2D eigenvalue weighted by Crippen LogP contribution is 2.28. The maximum Gasteiger partial charge on any atom is 0.0215 e. The molecule has 2 aliphatic rings. The molecule has 0 aromatic carbocycles. The second-order valence-corrected chi connectivity index (χ2v) is 4.12. The van der Waals surface area contributed by atoms with Gasteiger partial charge in [-0.1, -0.05) is 0 Å². The van der Waals surface area contributed by atoms with Crippen LogP contribution in [0.4, 0.5) is 0 Å². The first-order valence-electron chi connectivity index (χ1n) is 5.31. The summed E-state index contributed by atoms with van der Waals surface area (Å²) < 4.78 is 0. The maximum atomic E-state index is 5.44. The first-order chi connectivity index (χ1) is 6.40. The number of nitrogens with zero attached hydrogens (tertiary/aromatic N) is 1. The van der Waals surface area contributed by atoms with Gasteiger partial charge in [-0.3, -0.25) is 4.90 Å². The molecule has 0 radical (unpaired) electrons. The molecule has 1 saturated carbocycles. The highest BCUT2D eigenvalue weighted by Gasteiger charge is 2.28. The molecule has 13 heavy (non-hydrogen) atoms. The first kappa shape index (κ1) is 9.05. The molecule has 1 saturated heterocycles. The van der Waals surface area contributed by atoms with E-state index in [9.17, 15) is 0 Å². The molecule has 0 amide bonds. The third-order valence-electron chi connectivity index (χ3n) is 3.31. The highest BCUT2D eigenvalue weighted by atomic mass is 15.2. The zero-order valence-electron chi connectivity index (χ0n) is 8.13. The van der Waals surface area contributed by atoms with E-state index >= 15 is 0 Å². The summed E-state index contributed by atoms with van der Waals surface area (Å²) in [5.74, 6) is 3.45. The van der Waals surface area contributed by atoms with Crippen molar-refractivity contribution in [2.75, 3.05) is 26.2 Å². The van der Waals surface area contributed by atoms with Crippen molar-refractivity contribution in [3.05, 3.63) is 0 Å². The molecule has 2 fully saturated rings. The van der Waals surface area contributed by atoms with Gasteiger partial charge in [0, 0.05) is 38.1 Å². The number of hydrogen-bond donors (Lipinski definition) is 1. The fourth-order valence-corrected chi connectivity index (χ4v) is 2.49. The van der Waals surface area contributed by atoms with Gasteiger partial charge >= 0.3 is 0 Å². The van der Waals surface area contributed by atoms with Gasteiger partial charge in [0.25, 0.3) is 0 Å². The SMILES string of the molecule is C#C[C@@H]1CC[C@@H](N2CCNCC2)C1. The quantitative estimate of drug-likeness (QED) is 0.594. The molecule has 0 bridgehead atoms. The van der Waals surface area contributed by atoms with Gasteiger partial charge in [-0.2, -0.15) is 0 Å². The summed E-state index contributed by atoms with van der Waals surface area (Å²) in [5, 5.41) is 3.38. The maximum absolute atomic E-state index is 5.44. The Bertz CT molecular complexity index is 201. The van der Waals surface area contributed by atoms with Crippen molar-refractivity contribution in [2.24, 2.45) is 5.92 Å². The number of terminal acetylenes is 1. The normalized spacial score (nSPS) is 35.9. The van der Waals surface area contributed by atoms with E-state index in [0.717, 1.165) is 19.1 Å². The molecule has 1 aliphatic heterocycles. The molecule has 1 heterocycles. The summed E-state index contributed by atoms with van der Waals surface area (Å²) in [6.45, 7) is 4.72. The van der Waals surface area contributed by atoms with Crippen molar-refractivity contribution < 1.29 is 0 Å². The van der Waals surface area contributed by atoms with Crippen molar-refractivity contribution in [3.63, 3.8) is 0 Å². The van der Waals surface area contributed by atoms with Crippen LogP contribution in [-0.4, -0.2) is 37.1 Å². The van der Waals surface area contributed by atoms with Gasteiger partial charge in [0.1, 0.15) is 0 Å². The third kappa shape index (κ3) is 2.04. The minimum Gasteiger partial charge on any atom is -0.314 e. The lowest BCUT2D eigenvalue weighted by Gasteiger charge is -2.32. The van der Waals surface area contributed by atoms with Crippen molar-refractivity contribution in [2.45, 2.75) is 25.3 Å². The average molecular weight is 178 g/mol. The molecular weight excluding hydrogens is 160 g/mol. The molecule has 1 N–H and O–H groups in total. The summed E-state index contributed by atoms with van der Waals surface area (Å²) in [6, 6.07) is 0.781. The molecule has 2 atom stereocenters. The van der Waals surface area contributed by atoms with Gasteiger partial charge in [0.05, 0.1) is 0 Å². The Hall–Kier alpha value is -0.520. The zero-order valence-corrected chi connectivity index (χ0v) is 8.13. The lowest BCUT2D eigenvalue weighted by molar-refractivity contribution is 0.174. The number of rotatable bonds is 1. The van der Waals surface area contributed by atoms with E-state index in [0.29, 0.717) is 5.92 Å². The molecule has 2 heteroatoms. The Morgan fingerprint density at radius 1 is 1.23 bits per heavy atom. The van der Waals surface area contributed by atoms with Crippen molar-refractivity contribution in [3.8, 4) is 12.3 Å². The molecule has 1 aliphatic carbocycles. The largest absolute Gasteiger partial charge is 0.314 e. The second kappa shape index (κ2) is 4.13. The Balaban J connectivity index is 1.84. The molecule has 0 unspecified atom stereocenters. The zero-order chi connectivity index (χ0) is 9.10. The number of hydrogen-bond acceptors (Lipinski definition) is 2. The van der Waals surface area contributed by atoms with Crippen LogP contribution in [-0.2, 0) is 0 Å². The van der Waals surface area contributed by atoms with Crippen molar-refractivity contribution in [1.82, 2.24) is 10.2 Å². The van der Waals surface area contributed by atoms with Crippen LogP contribution in [0.2, 0.25) is 0 Å². The predicted octanol–water partition coefficient (Wildman–Crippen LogP) is 0.694. The fourth-order valence-electron chi connectivity index (χ4n) is 2.49. The van der Waals surface area contributed by atoms with Crippen molar-refractivity contribution in [1.29, 1.82) is 0 Å². The van der Waals surface area contributed by atoms with Gasteiger partial charge in [-0.05, 0) is 19.3 Å². The van der Waals surface area contributed by atoms with Crippen molar-refractivity contribution >= 4 is 0 Å².